The second kappa shape index (κ2) is 11.6. The Morgan fingerprint density at radius 3 is 2.09 bits per heavy atom. The number of hydrogen-bond acceptors (Lipinski definition) is 4. The molecule has 0 aliphatic rings. The molecular formula is C24H20Cl2F5N3O. The van der Waals surface area contributed by atoms with Crippen molar-refractivity contribution in [3.8, 4) is 5.75 Å². The van der Waals surface area contributed by atoms with E-state index in [1.165, 1.54) is 0 Å². The molecule has 186 valence electrons. The van der Waals surface area contributed by atoms with Crippen molar-refractivity contribution in [2.45, 2.75) is 20.5 Å². The van der Waals surface area contributed by atoms with Crippen molar-refractivity contribution < 1.29 is 26.7 Å². The first-order chi connectivity index (χ1) is 16.7. The summed E-state index contributed by atoms with van der Waals surface area (Å²) in [5, 5.41) is 4.41. The van der Waals surface area contributed by atoms with E-state index >= 15 is 0 Å². The lowest BCUT2D eigenvalue weighted by atomic mass is 10.1. The highest BCUT2D eigenvalue weighted by molar-refractivity contribution is 6.42. The normalized spacial score (nSPS) is 11.2. The molecule has 0 aromatic heterocycles. The molecule has 0 saturated heterocycles. The number of anilines is 2. The predicted molar refractivity (Wildman–Crippen MR) is 128 cm³/mol. The van der Waals surface area contributed by atoms with Gasteiger partial charge in [0, 0.05) is 30.4 Å². The van der Waals surface area contributed by atoms with E-state index in [0.717, 1.165) is 30.6 Å². The third-order valence-electron chi connectivity index (χ3n) is 5.09. The molecule has 3 aromatic rings. The first-order valence-corrected chi connectivity index (χ1v) is 11.2. The summed E-state index contributed by atoms with van der Waals surface area (Å²) in [7, 11) is 0. The number of halogens is 7. The number of nitrogens with zero attached hydrogens (tertiary/aromatic N) is 2. The Morgan fingerprint density at radius 2 is 1.49 bits per heavy atom. The molecule has 0 aliphatic heterocycles. The first kappa shape index (κ1) is 26.6. The summed E-state index contributed by atoms with van der Waals surface area (Å²) in [4.78, 5) is 2.07. The van der Waals surface area contributed by atoms with Gasteiger partial charge in [-0.2, -0.15) is 5.10 Å². The molecular weight excluding hydrogens is 512 g/mol. The van der Waals surface area contributed by atoms with Gasteiger partial charge >= 0.3 is 0 Å². The zero-order chi connectivity index (χ0) is 25.7. The van der Waals surface area contributed by atoms with Gasteiger partial charge in [-0.25, -0.2) is 22.0 Å². The van der Waals surface area contributed by atoms with Crippen molar-refractivity contribution >= 4 is 40.8 Å². The molecule has 0 spiro atoms. The van der Waals surface area contributed by atoms with E-state index in [4.69, 9.17) is 27.9 Å². The summed E-state index contributed by atoms with van der Waals surface area (Å²) >= 11 is 12.0. The van der Waals surface area contributed by atoms with Crippen molar-refractivity contribution in [1.82, 2.24) is 0 Å². The van der Waals surface area contributed by atoms with Gasteiger partial charge < -0.3 is 9.64 Å². The van der Waals surface area contributed by atoms with E-state index in [1.807, 2.05) is 19.3 Å². The van der Waals surface area contributed by atoms with E-state index in [1.54, 1.807) is 36.4 Å². The minimum Gasteiger partial charge on any atom is -0.488 e. The standard InChI is InChI=1S/C24H20Cl2F5N3O/c1-3-34(4-2)15-7-6-14(18(10-15)35-12-13-5-8-16(25)17(26)9-13)11-32-33-24-22(30)20(28)19(27)21(29)23(24)31/h5-11,33H,3-4,12H2,1-2H3. The number of hydrogen-bond donors (Lipinski definition) is 1. The van der Waals surface area contributed by atoms with Crippen molar-refractivity contribution in [3.63, 3.8) is 0 Å². The van der Waals surface area contributed by atoms with Crippen LogP contribution in [0.2, 0.25) is 10.0 Å². The SMILES string of the molecule is CCN(CC)c1ccc(C=NNc2c(F)c(F)c(F)c(F)c2F)c(OCc2ccc(Cl)c(Cl)c2)c1. The van der Waals surface area contributed by atoms with Crippen LogP contribution in [-0.4, -0.2) is 19.3 Å². The molecule has 0 aliphatic carbocycles. The fourth-order valence-corrected chi connectivity index (χ4v) is 3.52. The van der Waals surface area contributed by atoms with Crippen molar-refractivity contribution in [2.75, 3.05) is 23.4 Å². The van der Waals surface area contributed by atoms with Gasteiger partial charge in [-0.15, -0.1) is 0 Å². The topological polar surface area (TPSA) is 36.9 Å². The summed E-state index contributed by atoms with van der Waals surface area (Å²) in [5.74, 6) is -10.1. The number of ether oxygens (including phenoxy) is 1. The van der Waals surface area contributed by atoms with Gasteiger partial charge in [0.25, 0.3) is 0 Å². The summed E-state index contributed by atoms with van der Waals surface area (Å²) in [6, 6.07) is 10.2. The van der Waals surface area contributed by atoms with Gasteiger partial charge in [0.2, 0.25) is 5.82 Å². The summed E-state index contributed by atoms with van der Waals surface area (Å²) in [5.41, 5.74) is 2.59. The van der Waals surface area contributed by atoms with Gasteiger partial charge in [0.1, 0.15) is 18.0 Å². The number of rotatable bonds is 9. The highest BCUT2D eigenvalue weighted by Crippen LogP contribution is 2.29. The molecule has 3 aromatic carbocycles. The summed E-state index contributed by atoms with van der Waals surface area (Å²) < 4.78 is 73.8. The van der Waals surface area contributed by atoms with Crippen molar-refractivity contribution in [1.29, 1.82) is 0 Å². The molecule has 3 rings (SSSR count). The first-order valence-electron chi connectivity index (χ1n) is 10.4. The van der Waals surface area contributed by atoms with E-state index in [0.29, 0.717) is 21.4 Å². The molecule has 0 bridgehead atoms. The van der Waals surface area contributed by atoms with Crippen LogP contribution >= 0.6 is 23.2 Å². The van der Waals surface area contributed by atoms with Gasteiger partial charge in [-0.05, 0) is 43.7 Å². The summed E-state index contributed by atoms with van der Waals surface area (Å²) in [6.45, 7) is 5.56. The maximum absolute atomic E-state index is 13.9. The lowest BCUT2D eigenvalue weighted by molar-refractivity contribution is 0.306. The Balaban J connectivity index is 1.90. The molecule has 0 amide bonds. The fourth-order valence-electron chi connectivity index (χ4n) is 3.20. The second-order valence-electron chi connectivity index (χ2n) is 7.25. The average molecular weight is 532 g/mol. The van der Waals surface area contributed by atoms with Gasteiger partial charge in [0.15, 0.2) is 23.3 Å². The van der Waals surface area contributed by atoms with Gasteiger partial charge in [-0.1, -0.05) is 29.3 Å². The van der Waals surface area contributed by atoms with E-state index in [2.05, 4.69) is 10.0 Å². The average Bonchev–Trinajstić information content (AvgIpc) is 2.86. The highest BCUT2D eigenvalue weighted by atomic mass is 35.5. The fraction of sp³-hybridized carbons (Fsp3) is 0.208. The smallest absolute Gasteiger partial charge is 0.200 e. The monoisotopic (exact) mass is 531 g/mol. The molecule has 0 radical (unpaired) electrons. The molecule has 0 atom stereocenters. The Morgan fingerprint density at radius 1 is 0.857 bits per heavy atom. The van der Waals surface area contributed by atoms with Crippen LogP contribution in [0.5, 0.6) is 5.75 Å². The number of hydrazone groups is 1. The van der Waals surface area contributed by atoms with Crippen LogP contribution in [0.3, 0.4) is 0 Å². The maximum atomic E-state index is 13.9. The molecule has 0 fully saturated rings. The largest absolute Gasteiger partial charge is 0.488 e. The maximum Gasteiger partial charge on any atom is 0.200 e. The highest BCUT2D eigenvalue weighted by Gasteiger charge is 2.25. The number of nitrogens with one attached hydrogen (secondary N) is 1. The van der Waals surface area contributed by atoms with Crippen LogP contribution in [-0.2, 0) is 6.61 Å². The predicted octanol–water partition coefficient (Wildman–Crippen LogP) is 7.56. The Kier molecular flexibility index (Phi) is 8.80. The molecule has 11 heteroatoms. The van der Waals surface area contributed by atoms with Crippen molar-refractivity contribution in [2.24, 2.45) is 5.10 Å². The molecule has 0 saturated carbocycles. The van der Waals surface area contributed by atoms with Crippen LogP contribution in [0.25, 0.3) is 0 Å². The Hall–Kier alpha value is -3.04. The van der Waals surface area contributed by atoms with E-state index in [9.17, 15) is 22.0 Å². The van der Waals surface area contributed by atoms with Gasteiger partial charge in [-0.3, -0.25) is 5.43 Å². The summed E-state index contributed by atoms with van der Waals surface area (Å²) in [6.07, 6.45) is 1.15. The quantitative estimate of drug-likeness (QED) is 0.102. The Bertz CT molecular complexity index is 1220. The molecule has 0 heterocycles. The third kappa shape index (κ3) is 5.97. The Labute approximate surface area is 208 Å². The lowest BCUT2D eigenvalue weighted by Crippen LogP contribution is -2.21. The lowest BCUT2D eigenvalue weighted by Gasteiger charge is -2.22. The zero-order valence-electron chi connectivity index (χ0n) is 18.6. The molecule has 35 heavy (non-hydrogen) atoms. The minimum atomic E-state index is -2.25. The van der Waals surface area contributed by atoms with Crippen LogP contribution in [0, 0.1) is 29.1 Å². The third-order valence-corrected chi connectivity index (χ3v) is 5.83. The van der Waals surface area contributed by atoms with E-state index in [-0.39, 0.29) is 6.61 Å². The second-order valence-corrected chi connectivity index (χ2v) is 8.06. The van der Waals surface area contributed by atoms with Crippen LogP contribution in [0.15, 0.2) is 41.5 Å². The van der Waals surface area contributed by atoms with Gasteiger partial charge in [0.05, 0.1) is 16.3 Å². The minimum absolute atomic E-state index is 0.116. The molecule has 0 unspecified atom stereocenters. The zero-order valence-corrected chi connectivity index (χ0v) is 20.1. The van der Waals surface area contributed by atoms with Crippen LogP contribution in [0.1, 0.15) is 25.0 Å². The molecule has 1 N–H and O–H groups in total. The van der Waals surface area contributed by atoms with E-state index < -0.39 is 34.8 Å². The van der Waals surface area contributed by atoms with Crippen molar-refractivity contribution in [3.05, 3.63) is 86.7 Å². The number of benzene rings is 3. The van der Waals surface area contributed by atoms with Crippen LogP contribution < -0.4 is 15.1 Å². The van der Waals surface area contributed by atoms with Crippen LogP contribution in [0.4, 0.5) is 33.3 Å². The molecule has 4 nitrogen and oxygen atoms in total.